The lowest BCUT2D eigenvalue weighted by Crippen LogP contribution is -2.33. The predicted octanol–water partition coefficient (Wildman–Crippen LogP) is 1.44. The van der Waals surface area contributed by atoms with E-state index in [9.17, 15) is 4.39 Å². The summed E-state index contributed by atoms with van der Waals surface area (Å²) in [5.41, 5.74) is 2.02. The molecule has 2 atom stereocenters. The number of pyridine rings is 1. The number of rotatable bonds is 0. The zero-order valence-corrected chi connectivity index (χ0v) is 8.13. The van der Waals surface area contributed by atoms with Gasteiger partial charge in [0.25, 0.3) is 0 Å². The minimum Gasteiger partial charge on any atom is -0.307 e. The Hall–Kier alpha value is -1.47. The van der Waals surface area contributed by atoms with E-state index in [1.54, 1.807) is 0 Å². The van der Waals surface area contributed by atoms with Gasteiger partial charge in [0.05, 0.1) is 5.56 Å². The molecule has 0 saturated carbocycles. The number of aromatic nitrogens is 1. The fourth-order valence-corrected chi connectivity index (χ4v) is 2.68. The molecule has 3 rings (SSSR count). The second-order valence-electron chi connectivity index (χ2n) is 4.16. The standard InChI is InChI=1S/C11H10FN3/c12-11-8-3-7-1-2-9(15-7)10(8)6(4-13)5-14-11/h5,7,9,15H,1-3H2/t7-,9+/m0/s1. The second kappa shape index (κ2) is 3.01. The summed E-state index contributed by atoms with van der Waals surface area (Å²) in [4.78, 5) is 3.64. The number of halogens is 1. The van der Waals surface area contributed by atoms with Gasteiger partial charge >= 0.3 is 0 Å². The normalized spacial score (nSPS) is 27.2. The number of nitrogens with zero attached hydrogens (tertiary/aromatic N) is 2. The van der Waals surface area contributed by atoms with E-state index in [0.29, 0.717) is 23.6 Å². The molecule has 0 aliphatic carbocycles. The van der Waals surface area contributed by atoms with Crippen LogP contribution in [0, 0.1) is 17.3 Å². The second-order valence-corrected chi connectivity index (χ2v) is 4.16. The van der Waals surface area contributed by atoms with Crippen LogP contribution in [0.3, 0.4) is 0 Å². The van der Waals surface area contributed by atoms with Crippen molar-refractivity contribution in [3.63, 3.8) is 0 Å². The third-order valence-electron chi connectivity index (χ3n) is 3.33. The molecule has 2 bridgehead atoms. The van der Waals surface area contributed by atoms with Crippen LogP contribution in [-0.4, -0.2) is 11.0 Å². The summed E-state index contributed by atoms with van der Waals surface area (Å²) in [7, 11) is 0. The maximum absolute atomic E-state index is 13.5. The number of hydrogen-bond acceptors (Lipinski definition) is 3. The van der Waals surface area contributed by atoms with Crippen molar-refractivity contribution in [1.29, 1.82) is 5.26 Å². The van der Waals surface area contributed by atoms with Crippen LogP contribution in [0.1, 0.15) is 35.6 Å². The van der Waals surface area contributed by atoms with E-state index in [4.69, 9.17) is 5.26 Å². The summed E-state index contributed by atoms with van der Waals surface area (Å²) in [5.74, 6) is -0.401. The minimum absolute atomic E-state index is 0.158. The van der Waals surface area contributed by atoms with Gasteiger partial charge in [-0.3, -0.25) is 0 Å². The highest BCUT2D eigenvalue weighted by Crippen LogP contribution is 2.37. The molecule has 0 spiro atoms. The first-order valence-corrected chi connectivity index (χ1v) is 5.13. The molecular formula is C11H10FN3. The molecule has 0 aromatic carbocycles. The van der Waals surface area contributed by atoms with Gasteiger partial charge in [-0.1, -0.05) is 0 Å². The number of fused-ring (bicyclic) bond motifs is 4. The van der Waals surface area contributed by atoms with Crippen molar-refractivity contribution in [2.75, 3.05) is 0 Å². The van der Waals surface area contributed by atoms with E-state index >= 15 is 0 Å². The van der Waals surface area contributed by atoms with Crippen LogP contribution in [0.15, 0.2) is 6.20 Å². The summed E-state index contributed by atoms with van der Waals surface area (Å²) in [5, 5.41) is 12.4. The highest BCUT2D eigenvalue weighted by atomic mass is 19.1. The average molecular weight is 203 g/mol. The van der Waals surface area contributed by atoms with Crippen molar-refractivity contribution in [2.24, 2.45) is 0 Å². The molecule has 0 amide bonds. The molecule has 2 aliphatic heterocycles. The van der Waals surface area contributed by atoms with Crippen molar-refractivity contribution in [3.05, 3.63) is 28.8 Å². The fourth-order valence-electron chi connectivity index (χ4n) is 2.68. The van der Waals surface area contributed by atoms with Gasteiger partial charge in [-0.25, -0.2) is 4.98 Å². The zero-order valence-electron chi connectivity index (χ0n) is 8.13. The Bertz CT molecular complexity index is 464. The van der Waals surface area contributed by atoms with Crippen LogP contribution in [0.2, 0.25) is 0 Å². The molecular weight excluding hydrogens is 193 g/mol. The molecule has 2 aliphatic rings. The molecule has 1 aromatic heterocycles. The van der Waals surface area contributed by atoms with E-state index in [1.165, 1.54) is 6.20 Å². The lowest BCUT2D eigenvalue weighted by molar-refractivity contribution is 0.477. The smallest absolute Gasteiger partial charge is 0.216 e. The lowest BCUT2D eigenvalue weighted by atomic mass is 9.93. The van der Waals surface area contributed by atoms with Crippen LogP contribution >= 0.6 is 0 Å². The van der Waals surface area contributed by atoms with Gasteiger partial charge in [-0.15, -0.1) is 0 Å². The summed E-state index contributed by atoms with van der Waals surface area (Å²) >= 11 is 0. The first-order chi connectivity index (χ1) is 7.29. The monoisotopic (exact) mass is 203 g/mol. The molecule has 1 fully saturated rings. The van der Waals surface area contributed by atoms with Crippen LogP contribution < -0.4 is 5.32 Å². The van der Waals surface area contributed by atoms with Gasteiger partial charge in [0.15, 0.2) is 0 Å². The molecule has 4 heteroatoms. The van der Waals surface area contributed by atoms with Crippen LogP contribution in [0.25, 0.3) is 0 Å². The Morgan fingerprint density at radius 3 is 3.20 bits per heavy atom. The molecule has 0 radical (unpaired) electrons. The number of hydrogen-bond donors (Lipinski definition) is 1. The quantitative estimate of drug-likeness (QED) is 0.649. The third-order valence-corrected chi connectivity index (χ3v) is 3.33. The molecule has 0 unspecified atom stereocenters. The Kier molecular flexibility index (Phi) is 1.77. The molecule has 76 valence electrons. The number of nitriles is 1. The maximum Gasteiger partial charge on any atom is 0.216 e. The fraction of sp³-hybridized carbons (Fsp3) is 0.455. The predicted molar refractivity (Wildman–Crippen MR) is 51.5 cm³/mol. The van der Waals surface area contributed by atoms with E-state index in [-0.39, 0.29) is 6.04 Å². The maximum atomic E-state index is 13.5. The van der Waals surface area contributed by atoms with Gasteiger partial charge in [0, 0.05) is 23.8 Å². The Morgan fingerprint density at radius 2 is 2.40 bits per heavy atom. The zero-order chi connectivity index (χ0) is 10.4. The van der Waals surface area contributed by atoms with E-state index < -0.39 is 5.95 Å². The van der Waals surface area contributed by atoms with Crippen LogP contribution in [-0.2, 0) is 6.42 Å². The van der Waals surface area contributed by atoms with Gasteiger partial charge in [-0.2, -0.15) is 9.65 Å². The highest BCUT2D eigenvalue weighted by Gasteiger charge is 2.35. The van der Waals surface area contributed by atoms with Gasteiger partial charge < -0.3 is 5.32 Å². The SMILES string of the molecule is N#Cc1cnc(F)c2c1[C@H]1CC[C@@H](C2)N1. The topological polar surface area (TPSA) is 48.7 Å². The summed E-state index contributed by atoms with van der Waals surface area (Å²) in [6.45, 7) is 0. The number of nitrogens with one attached hydrogen (secondary N) is 1. The molecule has 1 aromatic rings. The van der Waals surface area contributed by atoms with E-state index in [1.807, 2.05) is 0 Å². The Morgan fingerprint density at radius 1 is 1.53 bits per heavy atom. The van der Waals surface area contributed by atoms with Crippen molar-refractivity contribution < 1.29 is 4.39 Å². The Labute approximate surface area is 86.9 Å². The molecule has 15 heavy (non-hydrogen) atoms. The summed E-state index contributed by atoms with van der Waals surface area (Å²) in [6.07, 6.45) is 4.06. The van der Waals surface area contributed by atoms with Crippen molar-refractivity contribution >= 4 is 0 Å². The molecule has 1 N–H and O–H groups in total. The first kappa shape index (κ1) is 8.81. The van der Waals surface area contributed by atoms with E-state index in [0.717, 1.165) is 18.4 Å². The minimum atomic E-state index is -0.401. The molecule has 3 heterocycles. The molecule has 1 saturated heterocycles. The van der Waals surface area contributed by atoms with E-state index in [2.05, 4.69) is 16.4 Å². The summed E-state index contributed by atoms with van der Waals surface area (Å²) < 4.78 is 13.5. The van der Waals surface area contributed by atoms with Gasteiger partial charge in [0.2, 0.25) is 5.95 Å². The Balaban J connectivity index is 2.24. The van der Waals surface area contributed by atoms with Gasteiger partial charge in [0.1, 0.15) is 6.07 Å². The lowest BCUT2D eigenvalue weighted by Gasteiger charge is -2.25. The van der Waals surface area contributed by atoms with Crippen molar-refractivity contribution in [2.45, 2.75) is 31.3 Å². The third kappa shape index (κ3) is 1.17. The van der Waals surface area contributed by atoms with Crippen molar-refractivity contribution in [3.8, 4) is 6.07 Å². The summed E-state index contributed by atoms with van der Waals surface area (Å²) in [6, 6.07) is 2.62. The highest BCUT2D eigenvalue weighted by molar-refractivity contribution is 5.45. The van der Waals surface area contributed by atoms with Crippen LogP contribution in [0.4, 0.5) is 4.39 Å². The first-order valence-electron chi connectivity index (χ1n) is 5.13. The molecule has 3 nitrogen and oxygen atoms in total. The van der Waals surface area contributed by atoms with Gasteiger partial charge in [-0.05, 0) is 24.8 Å². The average Bonchev–Trinajstić information content (AvgIpc) is 2.63. The van der Waals surface area contributed by atoms with Crippen molar-refractivity contribution in [1.82, 2.24) is 10.3 Å². The van der Waals surface area contributed by atoms with Crippen LogP contribution in [0.5, 0.6) is 0 Å². The largest absolute Gasteiger partial charge is 0.307 e.